The van der Waals surface area contributed by atoms with Crippen molar-refractivity contribution in [2.24, 2.45) is 5.92 Å². The summed E-state index contributed by atoms with van der Waals surface area (Å²) in [6.07, 6.45) is 2.51. The fourth-order valence-corrected chi connectivity index (χ4v) is 4.85. The van der Waals surface area contributed by atoms with Crippen LogP contribution in [-0.4, -0.2) is 49.2 Å². The molecule has 200 valence electrons. The number of nitrogens with one attached hydrogen (secondary N) is 1. The summed E-state index contributed by atoms with van der Waals surface area (Å²) < 4.78 is 7.17. The number of nitrogens with zero attached hydrogens (tertiary/aromatic N) is 6. The molecular formula is C26H31ClN8O3. The molecule has 3 N–H and O–H groups in total. The summed E-state index contributed by atoms with van der Waals surface area (Å²) in [7, 11) is 0. The third-order valence-corrected chi connectivity index (χ3v) is 6.62. The third-order valence-electron chi connectivity index (χ3n) is 6.30. The number of likely N-dealkylation sites (tertiary alicyclic amines) is 1. The summed E-state index contributed by atoms with van der Waals surface area (Å²) in [6.45, 7) is 8.69. The van der Waals surface area contributed by atoms with Crippen LogP contribution in [0.2, 0.25) is 5.02 Å². The van der Waals surface area contributed by atoms with Gasteiger partial charge in [0.2, 0.25) is 0 Å². The topological polar surface area (TPSA) is 152 Å². The van der Waals surface area contributed by atoms with Gasteiger partial charge in [0.05, 0.1) is 22.0 Å². The molecule has 1 aliphatic rings. The van der Waals surface area contributed by atoms with Gasteiger partial charge in [-0.15, -0.1) is 0 Å². The lowest BCUT2D eigenvalue weighted by Gasteiger charge is -2.34. The van der Waals surface area contributed by atoms with Crippen molar-refractivity contribution in [2.45, 2.75) is 58.7 Å². The minimum Gasteiger partial charge on any atom is -0.444 e. The number of nitriles is 1. The molecule has 0 aliphatic carbocycles. The molecule has 4 rings (SSSR count). The van der Waals surface area contributed by atoms with Crippen molar-refractivity contribution in [3.63, 3.8) is 0 Å². The third kappa shape index (κ3) is 5.81. The number of piperidine rings is 1. The van der Waals surface area contributed by atoms with Crippen LogP contribution >= 0.6 is 11.6 Å². The van der Waals surface area contributed by atoms with Gasteiger partial charge in [-0.1, -0.05) is 17.7 Å². The van der Waals surface area contributed by atoms with Gasteiger partial charge in [-0.25, -0.2) is 19.7 Å². The maximum atomic E-state index is 13.8. The van der Waals surface area contributed by atoms with E-state index in [4.69, 9.17) is 27.1 Å². The van der Waals surface area contributed by atoms with E-state index in [1.165, 1.54) is 6.33 Å². The molecule has 3 heterocycles. The Morgan fingerprint density at radius 2 is 2.13 bits per heavy atom. The molecule has 1 amide bonds. The zero-order valence-electron chi connectivity index (χ0n) is 21.9. The van der Waals surface area contributed by atoms with Crippen molar-refractivity contribution >= 4 is 40.2 Å². The maximum absolute atomic E-state index is 13.8. The predicted molar refractivity (Wildman–Crippen MR) is 145 cm³/mol. The second kappa shape index (κ2) is 10.8. The summed E-state index contributed by atoms with van der Waals surface area (Å²) >= 11 is 6.42. The number of aromatic nitrogens is 4. The maximum Gasteiger partial charge on any atom is 0.410 e. The van der Waals surface area contributed by atoms with Crippen LogP contribution in [0.5, 0.6) is 0 Å². The van der Waals surface area contributed by atoms with E-state index in [1.807, 2.05) is 33.8 Å². The minimum absolute atomic E-state index is 0.00831. The average molecular weight is 539 g/mol. The van der Waals surface area contributed by atoms with Crippen molar-refractivity contribution < 1.29 is 9.53 Å². The van der Waals surface area contributed by atoms with Gasteiger partial charge in [-0.05, 0) is 58.6 Å². The first-order valence-electron chi connectivity index (χ1n) is 12.4. The van der Waals surface area contributed by atoms with Gasteiger partial charge < -0.3 is 20.7 Å². The first kappa shape index (κ1) is 27.1. The van der Waals surface area contributed by atoms with Crippen LogP contribution in [0, 0.1) is 17.2 Å². The van der Waals surface area contributed by atoms with Crippen molar-refractivity contribution in [3.8, 4) is 6.07 Å². The summed E-state index contributed by atoms with van der Waals surface area (Å²) in [4.78, 5) is 41.0. The second-order valence-electron chi connectivity index (χ2n) is 10.4. The van der Waals surface area contributed by atoms with Crippen molar-refractivity contribution in [1.82, 2.24) is 24.4 Å². The number of hydrogen-bond donors (Lipinski definition) is 2. The van der Waals surface area contributed by atoms with Crippen LogP contribution in [-0.2, 0) is 11.3 Å². The van der Waals surface area contributed by atoms with Crippen LogP contribution in [0.3, 0.4) is 0 Å². The SMILES string of the molecule is C[C@H](Nc1ncnc(N)c1C#N)c1nc2cccc(Cl)c2c(=O)n1CC1CCCN(C(=O)OC(C)(C)C)C1. The van der Waals surface area contributed by atoms with E-state index >= 15 is 0 Å². The highest BCUT2D eigenvalue weighted by atomic mass is 35.5. The van der Waals surface area contributed by atoms with E-state index in [0.717, 1.165) is 12.8 Å². The molecule has 2 atom stereocenters. The quantitative estimate of drug-likeness (QED) is 0.488. The van der Waals surface area contributed by atoms with Gasteiger partial charge in [0, 0.05) is 19.6 Å². The Morgan fingerprint density at radius 3 is 2.84 bits per heavy atom. The van der Waals surface area contributed by atoms with E-state index in [-0.39, 0.29) is 34.8 Å². The number of nitrogens with two attached hydrogens (primary N) is 1. The zero-order valence-corrected chi connectivity index (χ0v) is 22.6. The van der Waals surface area contributed by atoms with E-state index in [0.29, 0.717) is 41.4 Å². The van der Waals surface area contributed by atoms with Gasteiger partial charge in [0.25, 0.3) is 5.56 Å². The standard InChI is InChI=1S/C26H31ClN8O3/c1-15(32-22-17(11-28)21(29)30-14-31-22)23-33-19-9-5-8-18(27)20(19)24(36)35(23)13-16-7-6-10-34(12-16)25(37)38-26(2,3)4/h5,8-9,14-16H,6-7,10,12-13H2,1-4H3,(H3,29,30,31,32)/t15-,16?/m0/s1. The Morgan fingerprint density at radius 1 is 1.37 bits per heavy atom. The highest BCUT2D eigenvalue weighted by Crippen LogP contribution is 2.27. The number of amides is 1. The van der Waals surface area contributed by atoms with Crippen molar-refractivity contribution in [3.05, 3.63) is 51.3 Å². The monoisotopic (exact) mass is 538 g/mol. The summed E-state index contributed by atoms with van der Waals surface area (Å²) in [6, 6.07) is 6.61. The largest absolute Gasteiger partial charge is 0.444 e. The van der Waals surface area contributed by atoms with Gasteiger partial charge in [0.15, 0.2) is 0 Å². The number of anilines is 2. The molecule has 1 aliphatic heterocycles. The van der Waals surface area contributed by atoms with Gasteiger partial charge >= 0.3 is 6.09 Å². The molecule has 3 aromatic rings. The van der Waals surface area contributed by atoms with Crippen molar-refractivity contribution in [2.75, 3.05) is 24.1 Å². The molecule has 1 saturated heterocycles. The van der Waals surface area contributed by atoms with Crippen molar-refractivity contribution in [1.29, 1.82) is 5.26 Å². The zero-order chi connectivity index (χ0) is 27.6. The van der Waals surface area contributed by atoms with Crippen LogP contribution in [0.15, 0.2) is 29.3 Å². The molecule has 0 bridgehead atoms. The lowest BCUT2D eigenvalue weighted by molar-refractivity contribution is 0.0156. The number of carbonyl (C=O) groups is 1. The lowest BCUT2D eigenvalue weighted by atomic mass is 9.98. The summed E-state index contributed by atoms with van der Waals surface area (Å²) in [5.74, 6) is 0.733. The number of benzene rings is 1. The molecule has 1 fully saturated rings. The molecule has 0 saturated carbocycles. The molecule has 38 heavy (non-hydrogen) atoms. The fraction of sp³-hybridized carbons (Fsp3) is 0.462. The molecule has 0 spiro atoms. The molecule has 12 heteroatoms. The van der Waals surface area contributed by atoms with Gasteiger partial charge in [-0.2, -0.15) is 5.26 Å². The Labute approximate surface area is 225 Å². The number of halogens is 1. The van der Waals surface area contributed by atoms with Crippen LogP contribution < -0.4 is 16.6 Å². The Bertz CT molecular complexity index is 1460. The van der Waals surface area contributed by atoms with E-state index < -0.39 is 11.6 Å². The second-order valence-corrected chi connectivity index (χ2v) is 10.8. The summed E-state index contributed by atoms with van der Waals surface area (Å²) in [5.41, 5.74) is 5.55. The fourth-order valence-electron chi connectivity index (χ4n) is 4.60. The van der Waals surface area contributed by atoms with Gasteiger partial charge in [0.1, 0.15) is 41.0 Å². The number of hydrogen-bond acceptors (Lipinski definition) is 9. The number of nitrogen functional groups attached to an aromatic ring is 1. The number of carbonyl (C=O) groups excluding carboxylic acids is 1. The molecule has 1 unspecified atom stereocenters. The smallest absolute Gasteiger partial charge is 0.410 e. The van der Waals surface area contributed by atoms with Crippen LogP contribution in [0.25, 0.3) is 10.9 Å². The van der Waals surface area contributed by atoms with Crippen LogP contribution in [0.1, 0.15) is 58.0 Å². The molecular weight excluding hydrogens is 508 g/mol. The normalized spacial score (nSPS) is 16.6. The Hall–Kier alpha value is -3.91. The molecule has 11 nitrogen and oxygen atoms in total. The number of fused-ring (bicyclic) bond motifs is 1. The minimum atomic E-state index is -0.596. The average Bonchev–Trinajstić information content (AvgIpc) is 2.85. The number of ether oxygens (including phenoxy) is 1. The first-order valence-corrected chi connectivity index (χ1v) is 12.8. The molecule has 2 aromatic heterocycles. The highest BCUT2D eigenvalue weighted by molar-refractivity contribution is 6.35. The van der Waals surface area contributed by atoms with E-state index in [1.54, 1.807) is 27.7 Å². The summed E-state index contributed by atoms with van der Waals surface area (Å²) in [5, 5.41) is 13.3. The first-order chi connectivity index (χ1) is 18.0. The van der Waals surface area contributed by atoms with Crippen LogP contribution in [0.4, 0.5) is 16.4 Å². The predicted octanol–water partition coefficient (Wildman–Crippen LogP) is 4.11. The molecule has 1 aromatic carbocycles. The highest BCUT2D eigenvalue weighted by Gasteiger charge is 2.29. The van der Waals surface area contributed by atoms with E-state index in [2.05, 4.69) is 15.3 Å². The Balaban J connectivity index is 1.70. The Kier molecular flexibility index (Phi) is 7.73. The van der Waals surface area contributed by atoms with Gasteiger partial charge in [-0.3, -0.25) is 9.36 Å². The molecule has 0 radical (unpaired) electrons. The van der Waals surface area contributed by atoms with E-state index in [9.17, 15) is 14.9 Å². The lowest BCUT2D eigenvalue weighted by Crippen LogP contribution is -2.44. The number of rotatable bonds is 5.